The van der Waals surface area contributed by atoms with E-state index in [-0.39, 0.29) is 11.2 Å². The average Bonchev–Trinajstić information content (AvgIpc) is 2.45. The molecule has 0 saturated heterocycles. The lowest BCUT2D eigenvalue weighted by atomic mass is 9.93. The number of benzene rings is 1. The second-order valence-electron chi connectivity index (χ2n) is 5.76. The van der Waals surface area contributed by atoms with Crippen molar-refractivity contribution in [3.63, 3.8) is 0 Å². The van der Waals surface area contributed by atoms with Crippen molar-refractivity contribution in [3.8, 4) is 0 Å². The number of allylic oxidation sites excluding steroid dienone is 1. The maximum absolute atomic E-state index is 12.1. The van der Waals surface area contributed by atoms with Crippen LogP contribution in [-0.4, -0.2) is 15.8 Å². The van der Waals surface area contributed by atoms with Gasteiger partial charge in [0.15, 0.2) is 0 Å². The van der Waals surface area contributed by atoms with Crippen LogP contribution in [0.15, 0.2) is 47.2 Å². The van der Waals surface area contributed by atoms with Crippen LogP contribution in [0, 0.1) is 0 Å². The minimum atomic E-state index is -0.154. The van der Waals surface area contributed by atoms with Gasteiger partial charge in [0.1, 0.15) is 5.69 Å². The number of aromatic nitrogens is 2. The van der Waals surface area contributed by atoms with Gasteiger partial charge in [0.2, 0.25) is 5.78 Å². The molecule has 108 valence electrons. The van der Waals surface area contributed by atoms with Gasteiger partial charge in [-0.1, -0.05) is 54.9 Å². The molecule has 0 unspecified atom stereocenters. The van der Waals surface area contributed by atoms with Crippen molar-refractivity contribution < 1.29 is 4.79 Å². The third kappa shape index (κ3) is 4.08. The number of halogens is 1. The summed E-state index contributed by atoms with van der Waals surface area (Å²) in [5.41, 5.74) is 2.10. The molecule has 1 aromatic heterocycles. The fourth-order valence-corrected chi connectivity index (χ4v) is 2.12. The summed E-state index contributed by atoms with van der Waals surface area (Å²) >= 11 is 3.44. The molecule has 3 nitrogen and oxygen atoms in total. The lowest BCUT2D eigenvalue weighted by Crippen LogP contribution is -2.14. The highest BCUT2D eigenvalue weighted by Gasteiger charge is 2.16. The van der Waals surface area contributed by atoms with Crippen LogP contribution >= 0.6 is 15.9 Å². The van der Waals surface area contributed by atoms with Crippen LogP contribution in [0.25, 0.3) is 6.08 Å². The van der Waals surface area contributed by atoms with E-state index in [0.29, 0.717) is 5.69 Å². The zero-order valence-corrected chi connectivity index (χ0v) is 13.9. The maximum Gasteiger partial charge on any atom is 0.205 e. The van der Waals surface area contributed by atoms with Gasteiger partial charge in [0.25, 0.3) is 0 Å². The Bertz CT molecular complexity index is 670. The van der Waals surface area contributed by atoms with Gasteiger partial charge in [0, 0.05) is 16.1 Å². The molecular formula is C17H17BrN2O. The van der Waals surface area contributed by atoms with Crippen molar-refractivity contribution in [1.82, 2.24) is 9.97 Å². The van der Waals surface area contributed by atoms with Gasteiger partial charge in [-0.3, -0.25) is 9.78 Å². The maximum atomic E-state index is 12.1. The number of carbonyl (C=O) groups excluding carboxylic acids is 1. The molecule has 0 atom stereocenters. The highest BCUT2D eigenvalue weighted by molar-refractivity contribution is 9.10. The first kappa shape index (κ1) is 15.6. The number of ketones is 1. The Morgan fingerprint density at radius 2 is 1.86 bits per heavy atom. The average molecular weight is 345 g/mol. The molecule has 0 aliphatic carbocycles. The normalized spacial score (nSPS) is 11.8. The Kier molecular flexibility index (Phi) is 4.68. The first-order valence-electron chi connectivity index (χ1n) is 6.67. The lowest BCUT2D eigenvalue weighted by Gasteiger charge is -2.16. The van der Waals surface area contributed by atoms with Gasteiger partial charge in [0.05, 0.1) is 11.9 Å². The van der Waals surface area contributed by atoms with Crippen molar-refractivity contribution in [2.45, 2.75) is 26.2 Å². The van der Waals surface area contributed by atoms with Crippen LogP contribution in [0.5, 0.6) is 0 Å². The van der Waals surface area contributed by atoms with Gasteiger partial charge >= 0.3 is 0 Å². The molecule has 0 amide bonds. The number of hydrogen-bond acceptors (Lipinski definition) is 3. The standard InChI is InChI=1S/C17H17BrN2O/c1-17(2,3)16-11-19-14(10-20-16)15(21)9-8-12-6-4-5-7-13(12)18/h4-11H,1-3H3/b9-8+. The summed E-state index contributed by atoms with van der Waals surface area (Å²) in [5.74, 6) is -0.154. The molecule has 0 bridgehead atoms. The van der Waals surface area contributed by atoms with E-state index in [4.69, 9.17) is 0 Å². The summed E-state index contributed by atoms with van der Waals surface area (Å²) in [6.45, 7) is 6.18. The van der Waals surface area contributed by atoms with Gasteiger partial charge in [-0.15, -0.1) is 0 Å². The first-order chi connectivity index (χ1) is 9.88. The van der Waals surface area contributed by atoms with E-state index < -0.39 is 0 Å². The zero-order chi connectivity index (χ0) is 15.5. The molecule has 0 radical (unpaired) electrons. The Balaban J connectivity index is 2.16. The van der Waals surface area contributed by atoms with E-state index in [1.807, 2.05) is 24.3 Å². The van der Waals surface area contributed by atoms with Crippen molar-refractivity contribution >= 4 is 27.8 Å². The molecule has 1 heterocycles. The molecule has 0 spiro atoms. The smallest absolute Gasteiger partial charge is 0.205 e. The molecule has 1 aromatic carbocycles. The monoisotopic (exact) mass is 344 g/mol. The molecule has 4 heteroatoms. The van der Waals surface area contributed by atoms with Crippen LogP contribution in [0.1, 0.15) is 42.5 Å². The molecule has 0 saturated carbocycles. The fourth-order valence-electron chi connectivity index (χ4n) is 1.70. The van der Waals surface area contributed by atoms with E-state index >= 15 is 0 Å². The highest BCUT2D eigenvalue weighted by atomic mass is 79.9. The zero-order valence-electron chi connectivity index (χ0n) is 12.3. The van der Waals surface area contributed by atoms with Crippen molar-refractivity contribution in [2.24, 2.45) is 0 Å². The van der Waals surface area contributed by atoms with Gasteiger partial charge in [-0.25, -0.2) is 4.98 Å². The van der Waals surface area contributed by atoms with Crippen LogP contribution < -0.4 is 0 Å². The van der Waals surface area contributed by atoms with E-state index in [0.717, 1.165) is 15.7 Å². The molecule has 0 aliphatic rings. The summed E-state index contributed by atoms with van der Waals surface area (Å²) in [4.78, 5) is 20.6. The topological polar surface area (TPSA) is 42.9 Å². The van der Waals surface area contributed by atoms with Crippen LogP contribution in [0.2, 0.25) is 0 Å². The Morgan fingerprint density at radius 1 is 1.14 bits per heavy atom. The SMILES string of the molecule is CC(C)(C)c1cnc(C(=O)/C=C/c2ccccc2Br)cn1. The predicted octanol–water partition coefficient (Wildman–Crippen LogP) is 4.43. The Hall–Kier alpha value is -1.81. The second-order valence-corrected chi connectivity index (χ2v) is 6.61. The highest BCUT2D eigenvalue weighted by Crippen LogP contribution is 2.19. The Morgan fingerprint density at radius 3 is 2.43 bits per heavy atom. The van der Waals surface area contributed by atoms with Gasteiger partial charge in [-0.2, -0.15) is 0 Å². The molecule has 0 fully saturated rings. The van der Waals surface area contributed by atoms with Crippen molar-refractivity contribution in [3.05, 3.63) is 64.2 Å². The van der Waals surface area contributed by atoms with Gasteiger partial charge in [-0.05, 0) is 23.8 Å². The second kappa shape index (κ2) is 6.31. The molecule has 2 aromatic rings. The van der Waals surface area contributed by atoms with E-state index in [1.165, 1.54) is 12.3 Å². The number of hydrogen-bond donors (Lipinski definition) is 0. The predicted molar refractivity (Wildman–Crippen MR) is 88.2 cm³/mol. The quantitative estimate of drug-likeness (QED) is 0.610. The Labute approximate surface area is 133 Å². The molecule has 0 aliphatic heterocycles. The largest absolute Gasteiger partial charge is 0.287 e. The summed E-state index contributed by atoms with van der Waals surface area (Å²) in [5, 5.41) is 0. The molecule has 0 N–H and O–H groups in total. The number of carbonyl (C=O) groups is 1. The number of rotatable bonds is 3. The minimum Gasteiger partial charge on any atom is -0.287 e. The summed E-state index contributed by atoms with van der Waals surface area (Å²) in [7, 11) is 0. The van der Waals surface area contributed by atoms with Crippen molar-refractivity contribution in [2.75, 3.05) is 0 Å². The first-order valence-corrected chi connectivity index (χ1v) is 7.47. The molecule has 2 rings (SSSR count). The number of nitrogens with zero attached hydrogens (tertiary/aromatic N) is 2. The van der Waals surface area contributed by atoms with E-state index in [2.05, 4.69) is 46.7 Å². The van der Waals surface area contributed by atoms with Gasteiger partial charge < -0.3 is 0 Å². The summed E-state index contributed by atoms with van der Waals surface area (Å²) < 4.78 is 0.947. The van der Waals surface area contributed by atoms with E-state index in [9.17, 15) is 4.79 Å². The van der Waals surface area contributed by atoms with Crippen LogP contribution in [0.4, 0.5) is 0 Å². The van der Waals surface area contributed by atoms with Crippen LogP contribution in [0.3, 0.4) is 0 Å². The van der Waals surface area contributed by atoms with Crippen molar-refractivity contribution in [1.29, 1.82) is 0 Å². The third-order valence-electron chi connectivity index (χ3n) is 2.99. The van der Waals surface area contributed by atoms with Crippen LogP contribution in [-0.2, 0) is 5.41 Å². The minimum absolute atomic E-state index is 0.0701. The third-order valence-corrected chi connectivity index (χ3v) is 3.71. The molecular weight excluding hydrogens is 328 g/mol. The lowest BCUT2D eigenvalue weighted by molar-refractivity contribution is 0.104. The van der Waals surface area contributed by atoms with E-state index in [1.54, 1.807) is 12.3 Å². The fraction of sp³-hybridized carbons (Fsp3) is 0.235. The summed E-state index contributed by atoms with van der Waals surface area (Å²) in [6.07, 6.45) is 6.49. The molecule has 21 heavy (non-hydrogen) atoms. The summed E-state index contributed by atoms with van der Waals surface area (Å²) in [6, 6.07) is 7.72.